The van der Waals surface area contributed by atoms with Gasteiger partial charge in [0.15, 0.2) is 5.78 Å². The van der Waals surface area contributed by atoms with Crippen LogP contribution < -0.4 is 10.3 Å². The Kier molecular flexibility index (Phi) is 5.12. The van der Waals surface area contributed by atoms with Gasteiger partial charge in [0.25, 0.3) is 5.56 Å². The zero-order valence-electron chi connectivity index (χ0n) is 13.0. The van der Waals surface area contributed by atoms with Gasteiger partial charge in [-0.15, -0.1) is 0 Å². The summed E-state index contributed by atoms with van der Waals surface area (Å²) in [6.07, 6.45) is 0. The first-order chi connectivity index (χ1) is 10.6. The minimum absolute atomic E-state index is 0.176. The summed E-state index contributed by atoms with van der Waals surface area (Å²) in [6.45, 7) is 2.13. The van der Waals surface area contributed by atoms with Crippen molar-refractivity contribution in [3.63, 3.8) is 0 Å². The SMILES string of the molecule is COCCn1c(-c2ccccc2OC)ccc(C(C)=O)c1=O. The number of benzene rings is 1. The zero-order valence-corrected chi connectivity index (χ0v) is 13.0. The van der Waals surface area contributed by atoms with Gasteiger partial charge in [-0.1, -0.05) is 12.1 Å². The number of hydrogen-bond donors (Lipinski definition) is 0. The molecule has 0 spiro atoms. The number of Topliss-reactive ketones (excluding diaryl/α,β-unsaturated/α-hetero) is 1. The molecule has 2 rings (SSSR count). The first-order valence-corrected chi connectivity index (χ1v) is 6.97. The van der Waals surface area contributed by atoms with Crippen LogP contribution in [0.4, 0.5) is 0 Å². The lowest BCUT2D eigenvalue weighted by molar-refractivity contribution is 0.101. The third kappa shape index (κ3) is 3.09. The molecule has 1 aromatic heterocycles. The van der Waals surface area contributed by atoms with Gasteiger partial charge in [-0.25, -0.2) is 0 Å². The van der Waals surface area contributed by atoms with E-state index in [9.17, 15) is 9.59 Å². The molecule has 0 aliphatic rings. The van der Waals surface area contributed by atoms with Crippen LogP contribution in [0.5, 0.6) is 5.75 Å². The molecule has 0 fully saturated rings. The summed E-state index contributed by atoms with van der Waals surface area (Å²) in [5.74, 6) is 0.423. The van der Waals surface area contributed by atoms with Gasteiger partial charge in [0.1, 0.15) is 5.75 Å². The molecular formula is C17H19NO4. The lowest BCUT2D eigenvalue weighted by Gasteiger charge is -2.16. The van der Waals surface area contributed by atoms with Crippen molar-refractivity contribution in [1.82, 2.24) is 4.57 Å². The maximum absolute atomic E-state index is 12.6. The third-order valence-corrected chi connectivity index (χ3v) is 3.46. The minimum atomic E-state index is -0.312. The number of methoxy groups -OCH3 is 2. The minimum Gasteiger partial charge on any atom is -0.496 e. The quantitative estimate of drug-likeness (QED) is 0.769. The predicted octanol–water partition coefficient (Wildman–Crippen LogP) is 2.37. The van der Waals surface area contributed by atoms with E-state index in [1.807, 2.05) is 24.3 Å². The van der Waals surface area contributed by atoms with Gasteiger partial charge < -0.3 is 14.0 Å². The van der Waals surface area contributed by atoms with Crippen LogP contribution in [-0.2, 0) is 11.3 Å². The van der Waals surface area contributed by atoms with Gasteiger partial charge in [0.2, 0.25) is 0 Å². The molecule has 0 radical (unpaired) electrons. The van der Waals surface area contributed by atoms with Crippen LogP contribution in [0, 0.1) is 0 Å². The molecule has 0 N–H and O–H groups in total. The lowest BCUT2D eigenvalue weighted by atomic mass is 10.1. The van der Waals surface area contributed by atoms with E-state index in [-0.39, 0.29) is 16.9 Å². The standard InChI is InChI=1S/C17H19NO4/c1-12(19)13-8-9-15(18(17(13)20)10-11-21-2)14-6-4-5-7-16(14)22-3/h4-9H,10-11H2,1-3H3. The van der Waals surface area contributed by atoms with Crippen LogP contribution in [-0.4, -0.2) is 31.2 Å². The van der Waals surface area contributed by atoms with Gasteiger partial charge in [-0.2, -0.15) is 0 Å². The van der Waals surface area contributed by atoms with Gasteiger partial charge >= 0.3 is 0 Å². The van der Waals surface area contributed by atoms with E-state index in [2.05, 4.69) is 0 Å². The molecule has 0 saturated heterocycles. The number of ketones is 1. The molecule has 0 atom stereocenters. The molecule has 116 valence electrons. The number of nitrogens with zero attached hydrogens (tertiary/aromatic N) is 1. The molecule has 0 unspecified atom stereocenters. The molecule has 5 heteroatoms. The number of pyridine rings is 1. The number of ether oxygens (including phenoxy) is 2. The fraction of sp³-hybridized carbons (Fsp3) is 0.294. The summed E-state index contributed by atoms with van der Waals surface area (Å²) < 4.78 is 12.0. The normalized spacial score (nSPS) is 10.5. The number of hydrogen-bond acceptors (Lipinski definition) is 4. The fourth-order valence-corrected chi connectivity index (χ4v) is 2.34. The Morgan fingerprint density at radius 2 is 1.86 bits per heavy atom. The highest BCUT2D eigenvalue weighted by Gasteiger charge is 2.15. The van der Waals surface area contributed by atoms with Crippen molar-refractivity contribution in [3.05, 3.63) is 52.3 Å². The van der Waals surface area contributed by atoms with Crippen molar-refractivity contribution in [3.8, 4) is 17.0 Å². The number of rotatable bonds is 6. The number of carbonyl (C=O) groups is 1. The Morgan fingerprint density at radius 1 is 1.14 bits per heavy atom. The number of carbonyl (C=O) groups excluding carboxylic acids is 1. The molecule has 0 aliphatic carbocycles. The summed E-state index contributed by atoms with van der Waals surface area (Å²) in [6, 6.07) is 10.8. The zero-order chi connectivity index (χ0) is 16.1. The Morgan fingerprint density at radius 3 is 2.50 bits per heavy atom. The van der Waals surface area contributed by atoms with Crippen molar-refractivity contribution in [2.24, 2.45) is 0 Å². The molecule has 1 aromatic carbocycles. The summed E-state index contributed by atoms with van der Waals surface area (Å²) in [4.78, 5) is 24.1. The Hall–Kier alpha value is -2.40. The Labute approximate surface area is 129 Å². The molecular weight excluding hydrogens is 282 g/mol. The van der Waals surface area contributed by atoms with Gasteiger partial charge in [0.05, 0.1) is 25.0 Å². The fourth-order valence-electron chi connectivity index (χ4n) is 2.34. The Bertz CT molecular complexity index is 734. The number of aromatic nitrogens is 1. The van der Waals surface area contributed by atoms with Crippen molar-refractivity contribution in [2.75, 3.05) is 20.8 Å². The van der Waals surface area contributed by atoms with E-state index >= 15 is 0 Å². The maximum atomic E-state index is 12.6. The van der Waals surface area contributed by atoms with Crippen LogP contribution in [0.1, 0.15) is 17.3 Å². The summed E-state index contributed by atoms with van der Waals surface area (Å²) in [7, 11) is 3.16. The van der Waals surface area contributed by atoms with Crippen molar-refractivity contribution in [2.45, 2.75) is 13.5 Å². The Balaban J connectivity index is 2.67. The van der Waals surface area contributed by atoms with E-state index in [1.54, 1.807) is 30.9 Å². The van der Waals surface area contributed by atoms with E-state index in [1.165, 1.54) is 6.92 Å². The summed E-state index contributed by atoms with van der Waals surface area (Å²) >= 11 is 0. The average molecular weight is 301 g/mol. The molecule has 1 heterocycles. The highest BCUT2D eigenvalue weighted by Crippen LogP contribution is 2.28. The summed E-state index contributed by atoms with van der Waals surface area (Å²) in [5.41, 5.74) is 1.36. The highest BCUT2D eigenvalue weighted by molar-refractivity contribution is 5.94. The second-order valence-corrected chi connectivity index (χ2v) is 4.84. The van der Waals surface area contributed by atoms with E-state index in [0.29, 0.717) is 24.6 Å². The molecule has 22 heavy (non-hydrogen) atoms. The second kappa shape index (κ2) is 7.04. The van der Waals surface area contributed by atoms with Gasteiger partial charge in [0, 0.05) is 19.2 Å². The van der Waals surface area contributed by atoms with Crippen molar-refractivity contribution >= 4 is 5.78 Å². The van der Waals surface area contributed by atoms with Crippen LogP contribution in [0.15, 0.2) is 41.2 Å². The monoisotopic (exact) mass is 301 g/mol. The molecule has 0 saturated carbocycles. The van der Waals surface area contributed by atoms with Gasteiger partial charge in [-0.3, -0.25) is 9.59 Å². The van der Waals surface area contributed by atoms with Crippen molar-refractivity contribution < 1.29 is 14.3 Å². The molecule has 0 amide bonds. The molecule has 0 bridgehead atoms. The van der Waals surface area contributed by atoms with Gasteiger partial charge in [-0.05, 0) is 31.2 Å². The highest BCUT2D eigenvalue weighted by atomic mass is 16.5. The van der Waals surface area contributed by atoms with E-state index < -0.39 is 0 Å². The maximum Gasteiger partial charge on any atom is 0.261 e. The molecule has 5 nitrogen and oxygen atoms in total. The van der Waals surface area contributed by atoms with Crippen LogP contribution >= 0.6 is 0 Å². The molecule has 2 aromatic rings. The smallest absolute Gasteiger partial charge is 0.261 e. The first kappa shape index (κ1) is 16.0. The first-order valence-electron chi connectivity index (χ1n) is 6.97. The van der Waals surface area contributed by atoms with Crippen molar-refractivity contribution in [1.29, 1.82) is 0 Å². The number of para-hydroxylation sites is 1. The van der Waals surface area contributed by atoms with E-state index in [4.69, 9.17) is 9.47 Å². The van der Waals surface area contributed by atoms with E-state index in [0.717, 1.165) is 5.56 Å². The largest absolute Gasteiger partial charge is 0.496 e. The summed E-state index contributed by atoms with van der Waals surface area (Å²) in [5, 5.41) is 0. The van der Waals surface area contributed by atoms with Crippen LogP contribution in [0.2, 0.25) is 0 Å². The van der Waals surface area contributed by atoms with Crippen LogP contribution in [0.25, 0.3) is 11.3 Å². The van der Waals surface area contributed by atoms with Crippen LogP contribution in [0.3, 0.4) is 0 Å². The second-order valence-electron chi connectivity index (χ2n) is 4.84. The predicted molar refractivity (Wildman–Crippen MR) is 84.6 cm³/mol. The molecule has 0 aliphatic heterocycles. The lowest BCUT2D eigenvalue weighted by Crippen LogP contribution is -2.28. The third-order valence-electron chi connectivity index (χ3n) is 3.46. The topological polar surface area (TPSA) is 57.5 Å². The average Bonchev–Trinajstić information content (AvgIpc) is 2.53.